The van der Waals surface area contributed by atoms with Gasteiger partial charge in [0.25, 0.3) is 0 Å². The molecule has 9 heteroatoms. The molecule has 0 aliphatic carbocycles. The van der Waals surface area contributed by atoms with Crippen molar-refractivity contribution < 1.29 is 9.90 Å². The van der Waals surface area contributed by atoms with E-state index in [9.17, 15) is 4.79 Å². The van der Waals surface area contributed by atoms with Gasteiger partial charge in [-0.1, -0.05) is 6.07 Å². The van der Waals surface area contributed by atoms with E-state index in [1.807, 2.05) is 37.4 Å². The summed E-state index contributed by atoms with van der Waals surface area (Å²) in [6.45, 7) is 2.45. The van der Waals surface area contributed by atoms with Crippen molar-refractivity contribution in [2.24, 2.45) is 0 Å². The lowest BCUT2D eigenvalue weighted by Gasteiger charge is -2.11. The predicted octanol–water partition coefficient (Wildman–Crippen LogP) is 2.01. The van der Waals surface area contributed by atoms with Crippen LogP contribution in [0.5, 0.6) is 0 Å². The number of benzene rings is 1. The highest BCUT2D eigenvalue weighted by molar-refractivity contribution is 6.08. The number of nitrogens with two attached hydrogens (primary N) is 1. The summed E-state index contributed by atoms with van der Waals surface area (Å²) < 4.78 is 1.76. The third kappa shape index (κ3) is 3.77. The van der Waals surface area contributed by atoms with E-state index in [1.165, 1.54) is 0 Å². The van der Waals surface area contributed by atoms with Crippen LogP contribution < -0.4 is 11.1 Å². The summed E-state index contributed by atoms with van der Waals surface area (Å²) in [6.07, 6.45) is 4.44. The average Bonchev–Trinajstić information content (AvgIpc) is 3.38. The van der Waals surface area contributed by atoms with Gasteiger partial charge in [-0.15, -0.1) is 0 Å². The summed E-state index contributed by atoms with van der Waals surface area (Å²) in [6, 6.07) is 7.64. The van der Waals surface area contributed by atoms with Crippen LogP contribution in [0.1, 0.15) is 25.8 Å². The van der Waals surface area contributed by atoms with Crippen LogP contribution in [-0.2, 0) is 4.79 Å². The van der Waals surface area contributed by atoms with Crippen LogP contribution in [-0.4, -0.2) is 49.1 Å². The lowest BCUT2D eigenvalue weighted by atomic mass is 10.1. The van der Waals surface area contributed by atoms with Crippen molar-refractivity contribution in [1.82, 2.24) is 30.3 Å². The van der Waals surface area contributed by atoms with E-state index in [0.29, 0.717) is 18.8 Å². The minimum atomic E-state index is -0.144. The Balaban J connectivity index is 1.65. The van der Waals surface area contributed by atoms with Crippen LogP contribution in [0.2, 0.25) is 0 Å². The molecule has 0 bridgehead atoms. The molecule has 9 nitrogen and oxygen atoms in total. The van der Waals surface area contributed by atoms with Crippen molar-refractivity contribution in [3.8, 4) is 11.3 Å². The molecule has 150 valence electrons. The van der Waals surface area contributed by atoms with E-state index in [0.717, 1.165) is 33.1 Å². The summed E-state index contributed by atoms with van der Waals surface area (Å²) in [5.74, 6) is 0.322. The topological polar surface area (TPSA) is 135 Å². The summed E-state index contributed by atoms with van der Waals surface area (Å²) in [5, 5.41) is 25.0. The second-order valence-corrected chi connectivity index (χ2v) is 7.04. The Morgan fingerprint density at radius 1 is 1.34 bits per heavy atom. The van der Waals surface area contributed by atoms with Gasteiger partial charge >= 0.3 is 0 Å². The van der Waals surface area contributed by atoms with Gasteiger partial charge in [0, 0.05) is 42.9 Å². The number of aliphatic hydroxyl groups excluding tert-OH is 1. The van der Waals surface area contributed by atoms with Crippen molar-refractivity contribution in [2.75, 3.05) is 18.9 Å². The van der Waals surface area contributed by atoms with Gasteiger partial charge in [-0.05, 0) is 31.5 Å². The summed E-state index contributed by atoms with van der Waals surface area (Å²) in [4.78, 5) is 16.6. The van der Waals surface area contributed by atoms with Crippen molar-refractivity contribution in [3.05, 3.63) is 36.7 Å². The maximum Gasteiger partial charge on any atom is 0.222 e. The summed E-state index contributed by atoms with van der Waals surface area (Å²) >= 11 is 0. The first-order valence-electron chi connectivity index (χ1n) is 9.52. The average molecular weight is 393 g/mol. The molecule has 3 heterocycles. The van der Waals surface area contributed by atoms with E-state index in [2.05, 4.69) is 20.5 Å². The molecule has 1 amide bonds. The monoisotopic (exact) mass is 393 g/mol. The van der Waals surface area contributed by atoms with Gasteiger partial charge in [0.2, 0.25) is 5.91 Å². The fourth-order valence-corrected chi connectivity index (χ4v) is 3.34. The number of aliphatic hydroxyl groups is 1. The van der Waals surface area contributed by atoms with E-state index in [1.54, 1.807) is 10.9 Å². The van der Waals surface area contributed by atoms with Gasteiger partial charge in [0.05, 0.1) is 22.6 Å². The number of nitrogens with zero attached hydrogens (tertiary/aromatic N) is 4. The fourth-order valence-electron chi connectivity index (χ4n) is 3.34. The lowest BCUT2D eigenvalue weighted by Crippen LogP contribution is -2.27. The highest BCUT2D eigenvalue weighted by atomic mass is 16.3. The molecule has 5 N–H and O–H groups in total. The second kappa shape index (κ2) is 7.88. The number of carbonyl (C=O) groups excluding carboxylic acids is 1. The molecule has 1 unspecified atom stereocenters. The number of fused-ring (bicyclic) bond motifs is 3. The first kappa shape index (κ1) is 18.9. The third-order valence-corrected chi connectivity index (χ3v) is 4.89. The van der Waals surface area contributed by atoms with Gasteiger partial charge in [-0.25, -0.2) is 4.98 Å². The SMILES string of the molecule is CC(CC(=O)NCCCO)n1cc2c(N)nc3cc(-c4cc[nH]n4)ccc3c2n1. The normalized spacial score (nSPS) is 12.5. The Bertz CT molecular complexity index is 1150. The molecule has 0 spiro atoms. The van der Waals surface area contributed by atoms with E-state index >= 15 is 0 Å². The predicted molar refractivity (Wildman–Crippen MR) is 111 cm³/mol. The zero-order chi connectivity index (χ0) is 20.4. The molecule has 0 aliphatic rings. The van der Waals surface area contributed by atoms with E-state index < -0.39 is 0 Å². The molecule has 0 radical (unpaired) electrons. The van der Waals surface area contributed by atoms with Crippen molar-refractivity contribution in [3.63, 3.8) is 0 Å². The fraction of sp³-hybridized carbons (Fsp3) is 0.300. The Morgan fingerprint density at radius 2 is 2.21 bits per heavy atom. The number of rotatable bonds is 7. The number of anilines is 1. The lowest BCUT2D eigenvalue weighted by molar-refractivity contribution is -0.121. The smallest absolute Gasteiger partial charge is 0.222 e. The molecule has 0 saturated carbocycles. The molecule has 29 heavy (non-hydrogen) atoms. The van der Waals surface area contributed by atoms with Gasteiger partial charge in [0.1, 0.15) is 11.3 Å². The van der Waals surface area contributed by atoms with Crippen LogP contribution in [0.3, 0.4) is 0 Å². The molecule has 4 rings (SSSR count). The number of amides is 1. The van der Waals surface area contributed by atoms with Crippen LogP contribution in [0, 0.1) is 0 Å². The number of carbonyl (C=O) groups is 1. The number of aromatic amines is 1. The molecule has 4 aromatic rings. The highest BCUT2D eigenvalue weighted by Crippen LogP contribution is 2.30. The maximum atomic E-state index is 12.1. The van der Waals surface area contributed by atoms with Gasteiger partial charge in [-0.3, -0.25) is 14.6 Å². The number of pyridine rings is 1. The summed E-state index contributed by atoms with van der Waals surface area (Å²) in [7, 11) is 0. The molecule has 3 aromatic heterocycles. The van der Waals surface area contributed by atoms with Crippen molar-refractivity contribution in [1.29, 1.82) is 0 Å². The van der Waals surface area contributed by atoms with Gasteiger partial charge in [0.15, 0.2) is 0 Å². The standard InChI is InChI=1S/C20H23N7O2/c1-12(9-18(29)22-6-2-8-28)27-11-15-19(26-27)14-4-3-13(16-5-7-23-25-16)10-17(14)24-20(15)21/h3-5,7,10-12,28H,2,6,8-9H2,1H3,(H2,21,24)(H,22,29)(H,23,25). The van der Waals surface area contributed by atoms with Crippen LogP contribution >= 0.6 is 0 Å². The Hall–Kier alpha value is -3.46. The van der Waals surface area contributed by atoms with Crippen LogP contribution in [0.4, 0.5) is 5.82 Å². The molecular weight excluding hydrogens is 370 g/mol. The van der Waals surface area contributed by atoms with Crippen LogP contribution in [0.15, 0.2) is 36.7 Å². The minimum absolute atomic E-state index is 0.0571. The van der Waals surface area contributed by atoms with Crippen LogP contribution in [0.25, 0.3) is 33.1 Å². The molecule has 1 aromatic carbocycles. The molecule has 0 saturated heterocycles. The number of nitrogens with one attached hydrogen (secondary N) is 2. The second-order valence-electron chi connectivity index (χ2n) is 7.04. The number of aromatic nitrogens is 5. The van der Waals surface area contributed by atoms with Gasteiger partial charge in [-0.2, -0.15) is 10.2 Å². The number of hydrogen-bond acceptors (Lipinski definition) is 6. The van der Waals surface area contributed by atoms with E-state index in [-0.39, 0.29) is 25.0 Å². The molecule has 0 fully saturated rings. The quantitative estimate of drug-likeness (QED) is 0.355. The number of H-pyrrole nitrogens is 1. The Labute approximate surface area is 166 Å². The first-order chi connectivity index (χ1) is 14.1. The van der Waals surface area contributed by atoms with E-state index in [4.69, 9.17) is 15.9 Å². The summed E-state index contributed by atoms with van der Waals surface area (Å²) in [5.41, 5.74) is 9.48. The van der Waals surface area contributed by atoms with Gasteiger partial charge < -0.3 is 16.2 Å². The number of nitrogen functional groups attached to an aromatic ring is 1. The van der Waals surface area contributed by atoms with Crippen molar-refractivity contribution in [2.45, 2.75) is 25.8 Å². The zero-order valence-electron chi connectivity index (χ0n) is 16.1. The third-order valence-electron chi connectivity index (χ3n) is 4.89. The Morgan fingerprint density at radius 3 is 2.97 bits per heavy atom. The molecule has 1 atom stereocenters. The largest absolute Gasteiger partial charge is 0.396 e. The minimum Gasteiger partial charge on any atom is -0.396 e. The van der Waals surface area contributed by atoms with Crippen molar-refractivity contribution >= 4 is 33.5 Å². The first-order valence-corrected chi connectivity index (χ1v) is 9.52. The highest BCUT2D eigenvalue weighted by Gasteiger charge is 2.16. The Kier molecular flexibility index (Phi) is 5.13. The number of hydrogen-bond donors (Lipinski definition) is 4. The molecule has 0 aliphatic heterocycles. The maximum absolute atomic E-state index is 12.1. The zero-order valence-corrected chi connectivity index (χ0v) is 16.1. The molecular formula is C20H23N7O2.